The Morgan fingerprint density at radius 3 is 2.25 bits per heavy atom. The molecule has 2 aromatic carbocycles. The summed E-state index contributed by atoms with van der Waals surface area (Å²) in [6.45, 7) is -1.11. The Balaban J connectivity index is 2.17. The first kappa shape index (κ1) is 21.3. The van der Waals surface area contributed by atoms with Gasteiger partial charge in [0.25, 0.3) is 11.8 Å². The lowest BCUT2D eigenvalue weighted by Gasteiger charge is -2.22. The molecule has 0 aliphatic carbocycles. The lowest BCUT2D eigenvalue weighted by Crippen LogP contribution is -2.41. The van der Waals surface area contributed by atoms with E-state index in [0.29, 0.717) is 0 Å². The summed E-state index contributed by atoms with van der Waals surface area (Å²) in [7, 11) is -3.42. The normalized spacial score (nSPS) is 13.5. The summed E-state index contributed by atoms with van der Waals surface area (Å²) in [4.78, 5) is 23.4. The summed E-state index contributed by atoms with van der Waals surface area (Å²) >= 11 is 0. The second kappa shape index (κ2) is 8.36. The molecule has 2 amide bonds. The van der Waals surface area contributed by atoms with Gasteiger partial charge >= 0.3 is 0 Å². The Bertz CT molecular complexity index is 992. The highest BCUT2D eigenvalue weighted by molar-refractivity contribution is 7.90. The molecule has 0 bridgehead atoms. The summed E-state index contributed by atoms with van der Waals surface area (Å²) in [5, 5.41) is 22.3. The number of alkyl halides is 1. The SMILES string of the molecule is CS(=O)(=O)c1ccc([C@@H](O)C(CF)NC(=O)c2ccc(C(N)=O)c(O)c2)cc1. The van der Waals surface area contributed by atoms with Crippen LogP contribution in [0.15, 0.2) is 47.4 Å². The largest absolute Gasteiger partial charge is 0.507 e. The number of nitrogens with one attached hydrogen (secondary N) is 1. The number of rotatable bonds is 7. The van der Waals surface area contributed by atoms with E-state index in [1.807, 2.05) is 0 Å². The van der Waals surface area contributed by atoms with Gasteiger partial charge in [0.15, 0.2) is 9.84 Å². The maximum absolute atomic E-state index is 13.4. The van der Waals surface area contributed by atoms with Crippen LogP contribution in [0.25, 0.3) is 0 Å². The molecule has 0 saturated heterocycles. The van der Waals surface area contributed by atoms with E-state index >= 15 is 0 Å². The molecule has 0 aromatic heterocycles. The van der Waals surface area contributed by atoms with Crippen molar-refractivity contribution in [3.8, 4) is 5.75 Å². The van der Waals surface area contributed by atoms with Crippen LogP contribution in [0.4, 0.5) is 4.39 Å². The molecule has 2 atom stereocenters. The lowest BCUT2D eigenvalue weighted by atomic mass is 10.0. The smallest absolute Gasteiger partial charge is 0.252 e. The molecule has 8 nitrogen and oxygen atoms in total. The highest BCUT2D eigenvalue weighted by Crippen LogP contribution is 2.22. The van der Waals surface area contributed by atoms with Gasteiger partial charge in [-0.25, -0.2) is 12.8 Å². The fourth-order valence-electron chi connectivity index (χ4n) is 2.48. The summed E-state index contributed by atoms with van der Waals surface area (Å²) in [5.74, 6) is -2.17. The van der Waals surface area contributed by atoms with Gasteiger partial charge in [0, 0.05) is 11.8 Å². The molecule has 0 aliphatic heterocycles. The Hall–Kier alpha value is -2.98. The minimum absolute atomic E-state index is 0.0364. The third-order valence-electron chi connectivity index (χ3n) is 4.04. The van der Waals surface area contributed by atoms with Crippen LogP contribution < -0.4 is 11.1 Å². The number of aromatic hydroxyl groups is 1. The minimum atomic E-state index is -3.42. The second-order valence-electron chi connectivity index (χ2n) is 6.12. The number of amides is 2. The first-order chi connectivity index (χ1) is 13.0. The maximum Gasteiger partial charge on any atom is 0.252 e. The Kier molecular flexibility index (Phi) is 6.37. The Morgan fingerprint density at radius 2 is 1.79 bits per heavy atom. The zero-order valence-electron chi connectivity index (χ0n) is 14.8. The van der Waals surface area contributed by atoms with Gasteiger partial charge in [-0.05, 0) is 35.9 Å². The van der Waals surface area contributed by atoms with Crippen LogP contribution in [0, 0.1) is 0 Å². The average molecular weight is 410 g/mol. The number of benzene rings is 2. The average Bonchev–Trinajstić information content (AvgIpc) is 2.64. The quantitative estimate of drug-likeness (QED) is 0.528. The molecule has 0 heterocycles. The van der Waals surface area contributed by atoms with E-state index in [9.17, 15) is 32.6 Å². The molecule has 0 fully saturated rings. The van der Waals surface area contributed by atoms with Crippen molar-refractivity contribution in [2.75, 3.05) is 12.9 Å². The standard InChI is InChI=1S/C18H19FN2O6S/c1-28(26,27)12-5-2-10(3-6-12)16(23)14(9-19)21-18(25)11-4-7-13(17(20)24)15(22)8-11/h2-8,14,16,22-23H,9H2,1H3,(H2,20,24)(H,21,25)/t14?,16-/m1/s1. The number of primary amides is 1. The topological polar surface area (TPSA) is 147 Å². The number of aliphatic hydroxyl groups is 1. The van der Waals surface area contributed by atoms with Crippen molar-refractivity contribution in [2.24, 2.45) is 5.73 Å². The van der Waals surface area contributed by atoms with Crippen LogP contribution >= 0.6 is 0 Å². The number of carbonyl (C=O) groups excluding carboxylic acids is 2. The lowest BCUT2D eigenvalue weighted by molar-refractivity contribution is 0.0791. The number of carbonyl (C=O) groups is 2. The molecule has 0 radical (unpaired) electrons. The van der Waals surface area contributed by atoms with Crippen molar-refractivity contribution in [1.82, 2.24) is 5.32 Å². The number of hydrogen-bond donors (Lipinski definition) is 4. The van der Waals surface area contributed by atoms with Crippen molar-refractivity contribution < 1.29 is 32.6 Å². The Morgan fingerprint density at radius 1 is 1.18 bits per heavy atom. The van der Waals surface area contributed by atoms with E-state index in [-0.39, 0.29) is 21.6 Å². The summed E-state index contributed by atoms with van der Waals surface area (Å²) < 4.78 is 36.3. The van der Waals surface area contributed by atoms with Gasteiger partial charge < -0.3 is 21.3 Å². The van der Waals surface area contributed by atoms with E-state index in [1.54, 1.807) is 0 Å². The van der Waals surface area contributed by atoms with Crippen LogP contribution in [0.5, 0.6) is 5.75 Å². The van der Waals surface area contributed by atoms with Crippen LogP contribution in [-0.2, 0) is 9.84 Å². The second-order valence-corrected chi connectivity index (χ2v) is 8.13. The highest BCUT2D eigenvalue weighted by atomic mass is 32.2. The van der Waals surface area contributed by atoms with Crippen molar-refractivity contribution in [3.63, 3.8) is 0 Å². The van der Waals surface area contributed by atoms with Crippen molar-refractivity contribution in [3.05, 3.63) is 59.2 Å². The molecule has 1 unspecified atom stereocenters. The van der Waals surface area contributed by atoms with Crippen molar-refractivity contribution in [2.45, 2.75) is 17.0 Å². The molecule has 28 heavy (non-hydrogen) atoms. The molecule has 10 heteroatoms. The van der Waals surface area contributed by atoms with Gasteiger partial charge in [-0.15, -0.1) is 0 Å². The molecule has 150 valence electrons. The van der Waals surface area contributed by atoms with E-state index in [2.05, 4.69) is 5.32 Å². The number of sulfone groups is 1. The third-order valence-corrected chi connectivity index (χ3v) is 5.17. The van der Waals surface area contributed by atoms with Crippen molar-refractivity contribution >= 4 is 21.7 Å². The molecular weight excluding hydrogens is 391 g/mol. The molecule has 2 rings (SSSR count). The predicted octanol–water partition coefficient (Wildman–Crippen LogP) is 0.696. The zero-order valence-corrected chi connectivity index (χ0v) is 15.6. The van der Waals surface area contributed by atoms with Gasteiger partial charge in [0.2, 0.25) is 0 Å². The van der Waals surface area contributed by atoms with Gasteiger partial charge in [0.1, 0.15) is 18.5 Å². The summed E-state index contributed by atoms with van der Waals surface area (Å²) in [6.07, 6.45) is -0.414. The number of hydrogen-bond acceptors (Lipinski definition) is 6. The zero-order chi connectivity index (χ0) is 21.1. The predicted molar refractivity (Wildman–Crippen MR) is 98.4 cm³/mol. The van der Waals surface area contributed by atoms with Crippen LogP contribution in [0.2, 0.25) is 0 Å². The van der Waals surface area contributed by atoms with Crippen LogP contribution in [0.3, 0.4) is 0 Å². The molecule has 0 spiro atoms. The highest BCUT2D eigenvalue weighted by Gasteiger charge is 2.24. The fraction of sp³-hybridized carbons (Fsp3) is 0.222. The van der Waals surface area contributed by atoms with Gasteiger partial charge in [0.05, 0.1) is 16.5 Å². The van der Waals surface area contributed by atoms with E-state index in [1.165, 1.54) is 30.3 Å². The first-order valence-electron chi connectivity index (χ1n) is 8.02. The fourth-order valence-corrected chi connectivity index (χ4v) is 3.11. The van der Waals surface area contributed by atoms with Gasteiger partial charge in [-0.1, -0.05) is 12.1 Å². The van der Waals surface area contributed by atoms with Crippen molar-refractivity contribution in [1.29, 1.82) is 0 Å². The Labute approximate surface area is 160 Å². The van der Waals surface area contributed by atoms with Crippen LogP contribution in [-0.4, -0.2) is 49.4 Å². The van der Waals surface area contributed by atoms with Crippen LogP contribution in [0.1, 0.15) is 32.4 Å². The number of nitrogens with two attached hydrogens (primary N) is 1. The summed E-state index contributed by atoms with van der Waals surface area (Å²) in [5.41, 5.74) is 5.03. The summed E-state index contributed by atoms with van der Waals surface area (Å²) in [6, 6.07) is 7.23. The van der Waals surface area contributed by atoms with Gasteiger partial charge in [-0.2, -0.15) is 0 Å². The first-order valence-corrected chi connectivity index (χ1v) is 9.91. The monoisotopic (exact) mass is 410 g/mol. The molecule has 2 aromatic rings. The van der Waals surface area contributed by atoms with E-state index in [0.717, 1.165) is 18.4 Å². The maximum atomic E-state index is 13.4. The number of halogens is 1. The molecule has 5 N–H and O–H groups in total. The third kappa shape index (κ3) is 4.84. The van der Waals surface area contributed by atoms with E-state index in [4.69, 9.17) is 5.73 Å². The minimum Gasteiger partial charge on any atom is -0.507 e. The molecule has 0 aliphatic rings. The number of aliphatic hydroxyl groups excluding tert-OH is 1. The number of phenols is 1. The van der Waals surface area contributed by atoms with E-state index < -0.39 is 46.2 Å². The van der Waals surface area contributed by atoms with Gasteiger partial charge in [-0.3, -0.25) is 9.59 Å². The molecular formula is C18H19FN2O6S. The molecule has 0 saturated carbocycles.